The van der Waals surface area contributed by atoms with Gasteiger partial charge in [0.2, 0.25) is 0 Å². The molecule has 3 rings (SSSR count). The van der Waals surface area contributed by atoms with Gasteiger partial charge in [0.1, 0.15) is 12.1 Å². The second kappa shape index (κ2) is 8.64. The summed E-state index contributed by atoms with van der Waals surface area (Å²) in [6.07, 6.45) is 1.17. The van der Waals surface area contributed by atoms with E-state index in [2.05, 4.69) is 16.9 Å². The maximum absolute atomic E-state index is 12.7. The first-order chi connectivity index (χ1) is 14.0. The molecule has 1 aliphatic heterocycles. The van der Waals surface area contributed by atoms with E-state index < -0.39 is 11.9 Å². The molecule has 146 valence electrons. The van der Waals surface area contributed by atoms with Crippen molar-refractivity contribution in [2.24, 2.45) is 0 Å². The molecule has 2 amide bonds. The van der Waals surface area contributed by atoms with E-state index in [4.69, 9.17) is 22.1 Å². The lowest BCUT2D eigenvalue weighted by Crippen LogP contribution is -2.52. The fraction of sp³-hybridized carbons (Fsp3) is 0.238. The molecule has 0 aliphatic carbocycles. The van der Waals surface area contributed by atoms with Crippen LogP contribution in [0, 0.1) is 22.7 Å². The predicted octanol–water partition coefficient (Wildman–Crippen LogP) is 2.69. The molecule has 0 spiro atoms. The Bertz CT molecular complexity index is 1040. The third-order valence-electron chi connectivity index (χ3n) is 4.89. The number of nitrogens with one attached hydrogen (secondary N) is 2. The number of hydrogen-bond donors (Lipinski definition) is 2. The van der Waals surface area contributed by atoms with Crippen LogP contribution in [0.15, 0.2) is 36.4 Å². The second-order valence-corrected chi connectivity index (χ2v) is 6.91. The highest BCUT2D eigenvalue weighted by Gasteiger charge is 2.31. The topological polar surface area (TPSA) is 109 Å². The first-order valence-electron chi connectivity index (χ1n) is 9.08. The van der Waals surface area contributed by atoms with Crippen molar-refractivity contribution in [1.29, 1.82) is 10.5 Å². The van der Waals surface area contributed by atoms with Crippen LogP contribution in [-0.2, 0) is 11.2 Å². The third-order valence-corrected chi connectivity index (χ3v) is 5.32. The summed E-state index contributed by atoms with van der Waals surface area (Å²) < 4.78 is 0. The molecule has 0 radical (unpaired) electrons. The van der Waals surface area contributed by atoms with Gasteiger partial charge in [-0.3, -0.25) is 20.4 Å². The molecular formula is C21H18ClN5O2. The Morgan fingerprint density at radius 2 is 1.86 bits per heavy atom. The van der Waals surface area contributed by atoms with Gasteiger partial charge in [0.25, 0.3) is 11.8 Å². The van der Waals surface area contributed by atoms with E-state index in [0.29, 0.717) is 41.1 Å². The van der Waals surface area contributed by atoms with Crippen LogP contribution >= 0.6 is 11.6 Å². The lowest BCUT2D eigenvalue weighted by Gasteiger charge is -2.28. The Morgan fingerprint density at radius 1 is 1.14 bits per heavy atom. The van der Waals surface area contributed by atoms with Crippen LogP contribution in [0.3, 0.4) is 0 Å². The van der Waals surface area contributed by atoms with Crippen LogP contribution in [0.2, 0.25) is 5.02 Å². The molecule has 8 heteroatoms. The Labute approximate surface area is 173 Å². The van der Waals surface area contributed by atoms with Crippen molar-refractivity contribution in [2.45, 2.75) is 25.8 Å². The number of amides is 2. The molecule has 0 aromatic heterocycles. The third kappa shape index (κ3) is 4.01. The quantitative estimate of drug-likeness (QED) is 0.757. The number of anilines is 1. The number of nitrogens with zero attached hydrogens (tertiary/aromatic N) is 3. The molecular weight excluding hydrogens is 390 g/mol. The van der Waals surface area contributed by atoms with Crippen LogP contribution in [0.4, 0.5) is 5.69 Å². The van der Waals surface area contributed by atoms with Gasteiger partial charge in [-0.1, -0.05) is 18.5 Å². The number of hydrogen-bond acceptors (Lipinski definition) is 5. The highest BCUT2D eigenvalue weighted by Crippen LogP contribution is 2.37. The number of carbonyl (C=O) groups excluding carboxylic acids is 2. The number of fused-ring (bicyclic) bond motifs is 1. The van der Waals surface area contributed by atoms with Crippen molar-refractivity contribution in [2.75, 3.05) is 11.4 Å². The van der Waals surface area contributed by atoms with Crippen molar-refractivity contribution >= 4 is 29.1 Å². The zero-order chi connectivity index (χ0) is 21.0. The minimum Gasteiger partial charge on any atom is -0.359 e. The molecule has 1 aliphatic rings. The molecule has 2 aromatic carbocycles. The zero-order valence-corrected chi connectivity index (χ0v) is 16.5. The molecule has 29 heavy (non-hydrogen) atoms. The molecule has 1 atom stereocenters. The van der Waals surface area contributed by atoms with Gasteiger partial charge < -0.3 is 4.90 Å². The monoisotopic (exact) mass is 407 g/mol. The lowest BCUT2D eigenvalue weighted by atomic mass is 10.1. The summed E-state index contributed by atoms with van der Waals surface area (Å²) in [5, 5.41) is 18.4. The summed E-state index contributed by atoms with van der Waals surface area (Å²) in [6, 6.07) is 13.1. The van der Waals surface area contributed by atoms with E-state index in [0.717, 1.165) is 11.3 Å². The Kier molecular flexibility index (Phi) is 6.01. The van der Waals surface area contributed by atoms with E-state index in [1.54, 1.807) is 12.1 Å². The van der Waals surface area contributed by atoms with Crippen molar-refractivity contribution in [3.05, 3.63) is 63.7 Å². The number of nitriles is 2. The van der Waals surface area contributed by atoms with Crippen LogP contribution in [-0.4, -0.2) is 24.4 Å². The summed E-state index contributed by atoms with van der Waals surface area (Å²) in [5.41, 5.74) is 7.77. The summed E-state index contributed by atoms with van der Waals surface area (Å²) in [4.78, 5) is 26.9. The largest absolute Gasteiger partial charge is 0.359 e. The van der Waals surface area contributed by atoms with Gasteiger partial charge >= 0.3 is 0 Å². The molecule has 0 saturated heterocycles. The zero-order valence-electron chi connectivity index (χ0n) is 15.7. The summed E-state index contributed by atoms with van der Waals surface area (Å²) in [7, 11) is 0. The van der Waals surface area contributed by atoms with Gasteiger partial charge in [0.15, 0.2) is 0 Å². The minimum atomic E-state index is -0.499. The Balaban J connectivity index is 1.69. The molecule has 0 saturated carbocycles. The second-order valence-electron chi connectivity index (χ2n) is 6.54. The molecule has 2 aromatic rings. The van der Waals surface area contributed by atoms with Crippen molar-refractivity contribution in [3.8, 4) is 12.1 Å². The van der Waals surface area contributed by atoms with Gasteiger partial charge in [-0.25, -0.2) is 0 Å². The van der Waals surface area contributed by atoms with E-state index in [1.165, 1.54) is 24.3 Å². The fourth-order valence-electron chi connectivity index (χ4n) is 3.40. The van der Waals surface area contributed by atoms with Crippen LogP contribution in [0.1, 0.15) is 40.4 Å². The molecule has 2 N–H and O–H groups in total. The average Bonchev–Trinajstić information content (AvgIpc) is 3.17. The highest BCUT2D eigenvalue weighted by molar-refractivity contribution is 6.33. The molecule has 1 heterocycles. The standard InChI is InChI=1S/C21H18ClN5O2/c1-2-17(27-10-9-16-18(27)8-7-15(12-24)19(16)22)21(29)26-25-20(28)14-5-3-13(11-23)4-6-14/h3-8,17H,2,9-10H2,1H3,(H,25,28)(H,26,29)/t17-/m0/s1. The number of carbonyl (C=O) groups is 2. The first-order valence-corrected chi connectivity index (χ1v) is 9.46. The van der Waals surface area contributed by atoms with Crippen molar-refractivity contribution in [3.63, 3.8) is 0 Å². The SMILES string of the molecule is CC[C@@H](C(=O)NNC(=O)c1ccc(C#N)cc1)N1CCc2c1ccc(C#N)c2Cl. The van der Waals surface area contributed by atoms with Crippen molar-refractivity contribution < 1.29 is 9.59 Å². The Hall–Kier alpha value is -3.55. The Morgan fingerprint density at radius 3 is 2.48 bits per heavy atom. The van der Waals surface area contributed by atoms with Gasteiger partial charge in [-0.2, -0.15) is 10.5 Å². The maximum atomic E-state index is 12.7. The summed E-state index contributed by atoms with van der Waals surface area (Å²) >= 11 is 6.31. The number of halogens is 1. The van der Waals surface area contributed by atoms with E-state index in [1.807, 2.05) is 17.9 Å². The van der Waals surface area contributed by atoms with Crippen LogP contribution in [0.25, 0.3) is 0 Å². The maximum Gasteiger partial charge on any atom is 0.269 e. The van der Waals surface area contributed by atoms with E-state index >= 15 is 0 Å². The minimum absolute atomic E-state index is 0.333. The van der Waals surface area contributed by atoms with Gasteiger partial charge in [-0.15, -0.1) is 0 Å². The summed E-state index contributed by atoms with van der Waals surface area (Å²) in [6.45, 7) is 2.48. The first kappa shape index (κ1) is 20.2. The number of benzene rings is 2. The molecule has 0 unspecified atom stereocenters. The normalized spacial score (nSPS) is 13.0. The summed E-state index contributed by atoms with van der Waals surface area (Å²) in [5.74, 6) is -0.816. The average molecular weight is 408 g/mol. The van der Waals surface area contributed by atoms with Gasteiger partial charge in [-0.05, 0) is 54.8 Å². The van der Waals surface area contributed by atoms with Crippen LogP contribution in [0.5, 0.6) is 0 Å². The van der Waals surface area contributed by atoms with E-state index in [-0.39, 0.29) is 5.91 Å². The highest BCUT2D eigenvalue weighted by atomic mass is 35.5. The lowest BCUT2D eigenvalue weighted by molar-refractivity contribution is -0.123. The predicted molar refractivity (Wildman–Crippen MR) is 108 cm³/mol. The van der Waals surface area contributed by atoms with Gasteiger partial charge in [0, 0.05) is 17.8 Å². The smallest absolute Gasteiger partial charge is 0.269 e. The molecule has 0 fully saturated rings. The van der Waals surface area contributed by atoms with Crippen LogP contribution < -0.4 is 15.8 Å². The van der Waals surface area contributed by atoms with Gasteiger partial charge in [0.05, 0.1) is 22.2 Å². The molecule has 0 bridgehead atoms. The van der Waals surface area contributed by atoms with Crippen molar-refractivity contribution in [1.82, 2.24) is 10.9 Å². The number of hydrazine groups is 1. The number of rotatable bonds is 4. The van der Waals surface area contributed by atoms with E-state index in [9.17, 15) is 9.59 Å². The fourth-order valence-corrected chi connectivity index (χ4v) is 3.69. The molecule has 7 nitrogen and oxygen atoms in total.